The van der Waals surface area contributed by atoms with Crippen LogP contribution >= 0.6 is 0 Å². The van der Waals surface area contributed by atoms with E-state index in [2.05, 4.69) is 11.1 Å². The van der Waals surface area contributed by atoms with E-state index in [0.29, 0.717) is 0 Å². The van der Waals surface area contributed by atoms with Crippen molar-refractivity contribution in [3.63, 3.8) is 0 Å². The molecular formula is C14H20N2O. The van der Waals surface area contributed by atoms with Crippen LogP contribution < -0.4 is 10.5 Å². The molecule has 0 amide bonds. The first-order chi connectivity index (χ1) is 8.06. The highest BCUT2D eigenvalue weighted by Gasteiger charge is 2.65. The fraction of sp³-hybridized carbons (Fsp3) is 0.643. The number of aromatic nitrogens is 1. The number of hydrogen-bond donors (Lipinski definition) is 1. The fourth-order valence-electron chi connectivity index (χ4n) is 2.74. The largest absolute Gasteiger partial charge is 0.475 e. The van der Waals surface area contributed by atoms with Gasteiger partial charge in [-0.25, -0.2) is 4.98 Å². The molecule has 0 bridgehead atoms. The van der Waals surface area contributed by atoms with Crippen molar-refractivity contribution in [2.45, 2.75) is 56.6 Å². The first kappa shape index (κ1) is 11.0. The Morgan fingerprint density at radius 2 is 1.94 bits per heavy atom. The standard InChI is InChI=1S/C14H20N2O/c1-10(2)17-12-5-3-4-11(16-12)13(6-7-13)14(15)8-9-14/h3-5,10H,6-9,15H2,1-2H3. The van der Waals surface area contributed by atoms with Gasteiger partial charge in [0.15, 0.2) is 0 Å². The first-order valence-electron chi connectivity index (χ1n) is 6.49. The van der Waals surface area contributed by atoms with Crippen LogP contribution in [0.5, 0.6) is 5.88 Å². The summed E-state index contributed by atoms with van der Waals surface area (Å²) in [5.74, 6) is 0.730. The second kappa shape index (κ2) is 3.45. The lowest BCUT2D eigenvalue weighted by Crippen LogP contribution is -2.37. The van der Waals surface area contributed by atoms with Gasteiger partial charge in [0.2, 0.25) is 5.88 Å². The predicted octanol–water partition coefficient (Wildman–Crippen LogP) is 2.39. The molecule has 3 rings (SSSR count). The fourth-order valence-corrected chi connectivity index (χ4v) is 2.74. The van der Waals surface area contributed by atoms with Crippen LogP contribution in [0.25, 0.3) is 0 Å². The van der Waals surface area contributed by atoms with Gasteiger partial charge in [0, 0.05) is 17.0 Å². The van der Waals surface area contributed by atoms with E-state index in [4.69, 9.17) is 10.5 Å². The maximum Gasteiger partial charge on any atom is 0.213 e. The van der Waals surface area contributed by atoms with E-state index in [1.807, 2.05) is 26.0 Å². The number of nitrogens with zero attached hydrogens (tertiary/aromatic N) is 1. The van der Waals surface area contributed by atoms with Gasteiger partial charge in [0.25, 0.3) is 0 Å². The van der Waals surface area contributed by atoms with E-state index < -0.39 is 0 Å². The topological polar surface area (TPSA) is 48.1 Å². The third-order valence-electron chi connectivity index (χ3n) is 4.06. The summed E-state index contributed by atoms with van der Waals surface area (Å²) in [6, 6.07) is 6.06. The molecule has 2 aliphatic carbocycles. The lowest BCUT2D eigenvalue weighted by Gasteiger charge is -2.22. The third kappa shape index (κ3) is 1.73. The molecule has 0 aliphatic heterocycles. The number of hydrogen-bond acceptors (Lipinski definition) is 3. The summed E-state index contributed by atoms with van der Waals surface area (Å²) in [6.45, 7) is 4.04. The van der Waals surface area contributed by atoms with Crippen LogP contribution in [-0.4, -0.2) is 16.6 Å². The van der Waals surface area contributed by atoms with Crippen LogP contribution in [0.3, 0.4) is 0 Å². The van der Waals surface area contributed by atoms with Crippen molar-refractivity contribution < 1.29 is 4.74 Å². The Hall–Kier alpha value is -1.09. The van der Waals surface area contributed by atoms with E-state index >= 15 is 0 Å². The van der Waals surface area contributed by atoms with Crippen molar-refractivity contribution in [1.82, 2.24) is 4.98 Å². The van der Waals surface area contributed by atoms with Crippen LogP contribution in [0.2, 0.25) is 0 Å². The number of ether oxygens (including phenoxy) is 1. The average Bonchev–Trinajstić information content (AvgIpc) is 3.12. The molecule has 0 spiro atoms. The summed E-state index contributed by atoms with van der Waals surface area (Å²) >= 11 is 0. The molecule has 1 aromatic rings. The van der Waals surface area contributed by atoms with Crippen LogP contribution in [-0.2, 0) is 5.41 Å². The minimum Gasteiger partial charge on any atom is -0.475 e. The molecule has 1 aromatic heterocycles. The van der Waals surface area contributed by atoms with Gasteiger partial charge in [0.05, 0.1) is 11.8 Å². The molecule has 1 heterocycles. The van der Waals surface area contributed by atoms with E-state index in [1.54, 1.807) is 0 Å². The summed E-state index contributed by atoms with van der Waals surface area (Å²) in [4.78, 5) is 4.65. The molecular weight excluding hydrogens is 212 g/mol. The Bertz CT molecular complexity index is 434. The Labute approximate surface area is 102 Å². The number of rotatable bonds is 4. The summed E-state index contributed by atoms with van der Waals surface area (Å²) in [5.41, 5.74) is 7.70. The Balaban J connectivity index is 1.88. The second-order valence-corrected chi connectivity index (χ2v) is 5.77. The van der Waals surface area contributed by atoms with E-state index in [1.165, 1.54) is 12.8 Å². The van der Waals surface area contributed by atoms with Crippen molar-refractivity contribution in [2.75, 3.05) is 0 Å². The van der Waals surface area contributed by atoms with E-state index in [9.17, 15) is 0 Å². The lowest BCUT2D eigenvalue weighted by atomic mass is 9.90. The van der Waals surface area contributed by atoms with Crippen molar-refractivity contribution >= 4 is 0 Å². The summed E-state index contributed by atoms with van der Waals surface area (Å²) in [7, 11) is 0. The molecule has 0 atom stereocenters. The van der Waals surface area contributed by atoms with Gasteiger partial charge in [-0.2, -0.15) is 0 Å². The second-order valence-electron chi connectivity index (χ2n) is 5.77. The zero-order valence-electron chi connectivity index (χ0n) is 10.6. The summed E-state index contributed by atoms with van der Waals surface area (Å²) in [6.07, 6.45) is 4.82. The molecule has 0 unspecified atom stereocenters. The zero-order chi connectivity index (χ0) is 12.1. The zero-order valence-corrected chi connectivity index (χ0v) is 10.6. The summed E-state index contributed by atoms with van der Waals surface area (Å²) < 4.78 is 5.66. The SMILES string of the molecule is CC(C)Oc1cccc(C2(C3(N)CC3)CC2)n1. The van der Waals surface area contributed by atoms with E-state index in [0.717, 1.165) is 24.4 Å². The molecule has 17 heavy (non-hydrogen) atoms. The molecule has 2 saturated carbocycles. The molecule has 2 fully saturated rings. The van der Waals surface area contributed by atoms with Crippen molar-refractivity contribution in [3.05, 3.63) is 23.9 Å². The molecule has 3 nitrogen and oxygen atoms in total. The van der Waals surface area contributed by atoms with Gasteiger partial charge in [0.1, 0.15) is 0 Å². The number of nitrogens with two attached hydrogens (primary N) is 1. The molecule has 0 aromatic carbocycles. The monoisotopic (exact) mass is 232 g/mol. The predicted molar refractivity (Wildman–Crippen MR) is 67.1 cm³/mol. The smallest absolute Gasteiger partial charge is 0.213 e. The molecule has 2 aliphatic rings. The summed E-state index contributed by atoms with van der Waals surface area (Å²) in [5, 5.41) is 0. The maximum atomic E-state index is 6.39. The minimum absolute atomic E-state index is 0.0243. The Morgan fingerprint density at radius 1 is 1.24 bits per heavy atom. The van der Waals surface area contributed by atoms with Crippen LogP contribution in [0.4, 0.5) is 0 Å². The molecule has 0 radical (unpaired) electrons. The molecule has 2 N–H and O–H groups in total. The van der Waals surface area contributed by atoms with Gasteiger partial charge in [-0.15, -0.1) is 0 Å². The van der Waals surface area contributed by atoms with Gasteiger partial charge in [-0.3, -0.25) is 0 Å². The van der Waals surface area contributed by atoms with Crippen LogP contribution in [0.15, 0.2) is 18.2 Å². The highest BCUT2D eigenvalue weighted by molar-refractivity contribution is 5.37. The van der Waals surface area contributed by atoms with Crippen LogP contribution in [0, 0.1) is 0 Å². The normalized spacial score (nSPS) is 23.5. The van der Waals surface area contributed by atoms with Gasteiger partial charge in [-0.1, -0.05) is 6.07 Å². The van der Waals surface area contributed by atoms with Gasteiger partial charge in [-0.05, 0) is 45.6 Å². The van der Waals surface area contributed by atoms with E-state index in [-0.39, 0.29) is 17.1 Å². The van der Waals surface area contributed by atoms with Crippen molar-refractivity contribution in [3.8, 4) is 5.88 Å². The molecule has 3 heteroatoms. The highest BCUT2D eigenvalue weighted by atomic mass is 16.5. The van der Waals surface area contributed by atoms with Crippen molar-refractivity contribution in [1.29, 1.82) is 0 Å². The van der Waals surface area contributed by atoms with Crippen molar-refractivity contribution in [2.24, 2.45) is 5.73 Å². The highest BCUT2D eigenvalue weighted by Crippen LogP contribution is 2.63. The lowest BCUT2D eigenvalue weighted by molar-refractivity contribution is 0.231. The van der Waals surface area contributed by atoms with Crippen LogP contribution in [0.1, 0.15) is 45.2 Å². The third-order valence-corrected chi connectivity index (χ3v) is 4.06. The average molecular weight is 232 g/mol. The Morgan fingerprint density at radius 3 is 2.47 bits per heavy atom. The molecule has 0 saturated heterocycles. The maximum absolute atomic E-state index is 6.39. The first-order valence-corrected chi connectivity index (χ1v) is 6.49. The van der Waals surface area contributed by atoms with Gasteiger partial charge >= 0.3 is 0 Å². The Kier molecular flexibility index (Phi) is 2.24. The molecule has 92 valence electrons. The minimum atomic E-state index is 0.0243. The number of pyridine rings is 1. The van der Waals surface area contributed by atoms with Gasteiger partial charge < -0.3 is 10.5 Å². The quantitative estimate of drug-likeness (QED) is 0.867.